The van der Waals surface area contributed by atoms with Gasteiger partial charge in [0.15, 0.2) is 0 Å². The fourth-order valence-electron chi connectivity index (χ4n) is 4.71. The largest absolute Gasteiger partial charge is 0.370 e. The summed E-state index contributed by atoms with van der Waals surface area (Å²) in [6.07, 6.45) is 8.53. The van der Waals surface area contributed by atoms with Crippen molar-refractivity contribution in [2.24, 2.45) is 11.8 Å². The lowest BCUT2D eigenvalue weighted by atomic mass is 9.97. The van der Waals surface area contributed by atoms with Crippen molar-refractivity contribution in [1.29, 1.82) is 0 Å². The first-order chi connectivity index (χ1) is 16.0. The molecule has 2 atom stereocenters. The van der Waals surface area contributed by atoms with E-state index in [0.717, 1.165) is 66.8 Å². The maximum absolute atomic E-state index is 13.4. The van der Waals surface area contributed by atoms with Gasteiger partial charge in [-0.25, -0.2) is 4.98 Å². The van der Waals surface area contributed by atoms with Gasteiger partial charge in [-0.15, -0.1) is 13.2 Å². The topological polar surface area (TPSA) is 61.4 Å². The predicted molar refractivity (Wildman–Crippen MR) is 144 cm³/mol. The maximum atomic E-state index is 13.4. The van der Waals surface area contributed by atoms with Crippen LogP contribution in [0.5, 0.6) is 0 Å². The lowest BCUT2D eigenvalue weighted by molar-refractivity contribution is 0.102. The highest BCUT2D eigenvalue weighted by molar-refractivity contribution is 14.1. The molecule has 1 aromatic heterocycles. The number of piperidine rings is 2. The van der Waals surface area contributed by atoms with E-state index in [1.807, 2.05) is 37.3 Å². The number of hydrogen-bond acceptors (Lipinski definition) is 5. The summed E-state index contributed by atoms with van der Waals surface area (Å²) in [6.45, 7) is 13.5. The second kappa shape index (κ2) is 10.7. The molecule has 174 valence electrons. The average molecular weight is 557 g/mol. The van der Waals surface area contributed by atoms with Crippen molar-refractivity contribution >= 4 is 46.0 Å². The fourth-order valence-corrected chi connectivity index (χ4v) is 5.18. The molecule has 0 radical (unpaired) electrons. The molecule has 0 bridgehead atoms. The molecule has 0 aliphatic carbocycles. The Kier molecular flexibility index (Phi) is 7.67. The van der Waals surface area contributed by atoms with E-state index in [1.54, 1.807) is 0 Å². The van der Waals surface area contributed by atoms with Crippen molar-refractivity contribution in [1.82, 2.24) is 9.97 Å². The first-order valence-corrected chi connectivity index (χ1v) is 12.8. The Morgan fingerprint density at radius 1 is 1.06 bits per heavy atom. The summed E-state index contributed by atoms with van der Waals surface area (Å²) >= 11 is 2.31. The Labute approximate surface area is 210 Å². The zero-order chi connectivity index (χ0) is 23.4. The van der Waals surface area contributed by atoms with Crippen LogP contribution in [-0.2, 0) is 0 Å². The van der Waals surface area contributed by atoms with E-state index < -0.39 is 0 Å². The number of hydrogen-bond donors (Lipinski definition) is 1. The van der Waals surface area contributed by atoms with Crippen LogP contribution in [0, 0.1) is 22.3 Å². The number of nitrogens with one attached hydrogen (secondary N) is 1. The van der Waals surface area contributed by atoms with Crippen molar-refractivity contribution < 1.29 is 4.79 Å². The number of rotatable bonds is 6. The summed E-state index contributed by atoms with van der Waals surface area (Å²) in [5, 5.41) is 3.04. The highest BCUT2D eigenvalue weighted by Crippen LogP contribution is 2.29. The molecular formula is C26H32IN5O. The highest BCUT2D eigenvalue weighted by atomic mass is 127. The molecule has 0 saturated carbocycles. The van der Waals surface area contributed by atoms with Crippen molar-refractivity contribution in [2.45, 2.75) is 32.6 Å². The molecule has 3 heterocycles. The molecule has 2 aromatic rings. The van der Waals surface area contributed by atoms with Gasteiger partial charge in [0.05, 0.1) is 11.3 Å². The molecular weight excluding hydrogens is 525 g/mol. The number of amides is 1. The van der Waals surface area contributed by atoms with Crippen molar-refractivity contribution in [3.8, 4) is 0 Å². The summed E-state index contributed by atoms with van der Waals surface area (Å²) in [5.41, 5.74) is 2.48. The standard InChI is InChI=1S/C26H32IN5O/c1-4-19-8-6-12-31(16-19)23-15-21(27)10-11-22(23)25(33)29-24-14-18(3)28-26(30-24)32-13-7-9-20(5-2)17-32/h4-5,10-11,14-15,19-20H,1-2,6-9,12-13,16-17H2,3H3,(H,28,29,30,33). The molecule has 2 aliphatic heterocycles. The number of halogens is 1. The van der Waals surface area contributed by atoms with Crippen molar-refractivity contribution in [3.05, 3.63) is 64.4 Å². The number of nitrogens with zero attached hydrogens (tertiary/aromatic N) is 4. The van der Waals surface area contributed by atoms with Crippen LogP contribution in [0.25, 0.3) is 0 Å². The minimum atomic E-state index is -0.145. The molecule has 2 fully saturated rings. The van der Waals surface area contributed by atoms with Gasteiger partial charge in [0.1, 0.15) is 5.82 Å². The molecule has 0 spiro atoms. The van der Waals surface area contributed by atoms with Gasteiger partial charge in [0, 0.05) is 41.5 Å². The molecule has 6 nitrogen and oxygen atoms in total. The van der Waals surface area contributed by atoms with Crippen LogP contribution >= 0.6 is 22.6 Å². The number of anilines is 3. The molecule has 2 aliphatic rings. The Bertz CT molecular complexity index is 1040. The summed E-state index contributed by atoms with van der Waals surface area (Å²) < 4.78 is 1.11. The van der Waals surface area contributed by atoms with Gasteiger partial charge in [-0.2, -0.15) is 4.98 Å². The number of carbonyl (C=O) groups excluding carboxylic acids is 1. The van der Waals surface area contributed by atoms with Gasteiger partial charge in [-0.1, -0.05) is 12.2 Å². The summed E-state index contributed by atoms with van der Waals surface area (Å²) in [7, 11) is 0. The fraction of sp³-hybridized carbons (Fsp3) is 0.423. The second-order valence-electron chi connectivity index (χ2n) is 8.98. The zero-order valence-electron chi connectivity index (χ0n) is 19.3. The smallest absolute Gasteiger partial charge is 0.258 e. The maximum Gasteiger partial charge on any atom is 0.258 e. The lowest BCUT2D eigenvalue weighted by Gasteiger charge is -2.34. The number of aromatic nitrogens is 2. The van der Waals surface area contributed by atoms with Crippen LogP contribution in [0.3, 0.4) is 0 Å². The molecule has 1 amide bonds. The second-order valence-corrected chi connectivity index (χ2v) is 10.2. The predicted octanol–water partition coefficient (Wildman–Crippen LogP) is 5.45. The summed E-state index contributed by atoms with van der Waals surface area (Å²) in [5.74, 6) is 1.95. The van der Waals surface area contributed by atoms with Gasteiger partial charge in [-0.3, -0.25) is 4.79 Å². The normalized spacial score (nSPS) is 20.9. The van der Waals surface area contributed by atoms with Crippen LogP contribution in [-0.4, -0.2) is 42.1 Å². The summed E-state index contributed by atoms with van der Waals surface area (Å²) in [4.78, 5) is 27.2. The third-order valence-corrected chi connectivity index (χ3v) is 7.17. The Morgan fingerprint density at radius 2 is 1.73 bits per heavy atom. The van der Waals surface area contributed by atoms with Crippen LogP contribution in [0.2, 0.25) is 0 Å². The lowest BCUT2D eigenvalue weighted by Crippen LogP contribution is -2.36. The van der Waals surface area contributed by atoms with E-state index in [0.29, 0.717) is 29.2 Å². The molecule has 7 heteroatoms. The van der Waals surface area contributed by atoms with Crippen molar-refractivity contribution in [2.75, 3.05) is 41.3 Å². The first kappa shape index (κ1) is 23.7. The van der Waals surface area contributed by atoms with Crippen LogP contribution < -0.4 is 15.1 Å². The summed E-state index contributed by atoms with van der Waals surface area (Å²) in [6, 6.07) is 7.82. The van der Waals surface area contributed by atoms with Crippen LogP contribution in [0.4, 0.5) is 17.5 Å². The van der Waals surface area contributed by atoms with Crippen LogP contribution in [0.15, 0.2) is 49.6 Å². The molecule has 2 saturated heterocycles. The minimum absolute atomic E-state index is 0.145. The minimum Gasteiger partial charge on any atom is -0.370 e. The number of aryl methyl sites for hydroxylation is 1. The molecule has 4 rings (SSSR count). The highest BCUT2D eigenvalue weighted by Gasteiger charge is 2.24. The Morgan fingerprint density at radius 3 is 2.42 bits per heavy atom. The van der Waals surface area contributed by atoms with Gasteiger partial charge >= 0.3 is 0 Å². The van der Waals surface area contributed by atoms with E-state index >= 15 is 0 Å². The van der Waals surface area contributed by atoms with E-state index in [1.165, 1.54) is 0 Å². The van der Waals surface area contributed by atoms with E-state index in [4.69, 9.17) is 4.98 Å². The number of carbonyl (C=O) groups is 1. The van der Waals surface area contributed by atoms with Gasteiger partial charge in [0.2, 0.25) is 5.95 Å². The van der Waals surface area contributed by atoms with Crippen LogP contribution in [0.1, 0.15) is 41.7 Å². The molecule has 33 heavy (non-hydrogen) atoms. The Hall–Kier alpha value is -2.42. The van der Waals surface area contributed by atoms with Crippen molar-refractivity contribution in [3.63, 3.8) is 0 Å². The Balaban J connectivity index is 1.57. The quantitative estimate of drug-likeness (QED) is 0.379. The molecule has 1 N–H and O–H groups in total. The van der Waals surface area contributed by atoms with E-state index in [2.05, 4.69) is 61.9 Å². The first-order valence-electron chi connectivity index (χ1n) is 11.7. The SMILES string of the molecule is C=CC1CCCN(c2nc(C)cc(NC(=O)c3ccc(I)cc3N3CCCC(C=C)C3)n2)C1. The monoisotopic (exact) mass is 557 g/mol. The zero-order valence-corrected chi connectivity index (χ0v) is 21.4. The van der Waals surface area contributed by atoms with Gasteiger partial charge in [-0.05, 0) is 85.2 Å². The third-order valence-electron chi connectivity index (χ3n) is 6.49. The third kappa shape index (κ3) is 5.75. The number of benzene rings is 1. The molecule has 1 aromatic carbocycles. The van der Waals surface area contributed by atoms with Gasteiger partial charge in [0.25, 0.3) is 5.91 Å². The van der Waals surface area contributed by atoms with E-state index in [-0.39, 0.29) is 5.91 Å². The van der Waals surface area contributed by atoms with Gasteiger partial charge < -0.3 is 15.1 Å². The van der Waals surface area contributed by atoms with E-state index in [9.17, 15) is 4.79 Å². The average Bonchev–Trinajstić information content (AvgIpc) is 2.83. The molecule has 2 unspecified atom stereocenters.